The van der Waals surface area contributed by atoms with Crippen molar-refractivity contribution in [2.45, 2.75) is 51.4 Å². The molecule has 1 saturated carbocycles. The standard InChI is InChI=1S/C19H29N3O/c23-19(14-16-4-2-1-3-5-16)21-15-17-8-12-22(13-9-17)18-6-10-20-11-7-18/h6-7,10-11,16-17H,1-5,8-9,12-15H2,(H,21,23). The number of amides is 1. The van der Waals surface area contributed by atoms with E-state index >= 15 is 0 Å². The van der Waals surface area contributed by atoms with Crippen LogP contribution in [0.1, 0.15) is 51.4 Å². The third kappa shape index (κ3) is 4.95. The fraction of sp³-hybridized carbons (Fsp3) is 0.684. The summed E-state index contributed by atoms with van der Waals surface area (Å²) in [6, 6.07) is 4.15. The monoisotopic (exact) mass is 315 g/mol. The van der Waals surface area contributed by atoms with Crippen LogP contribution in [0.2, 0.25) is 0 Å². The van der Waals surface area contributed by atoms with E-state index in [0.29, 0.717) is 11.8 Å². The first-order chi connectivity index (χ1) is 11.3. The van der Waals surface area contributed by atoms with Crippen LogP contribution in [0.3, 0.4) is 0 Å². The molecule has 1 aromatic rings. The molecule has 0 aromatic carbocycles. The number of nitrogens with zero attached hydrogens (tertiary/aromatic N) is 2. The van der Waals surface area contributed by atoms with E-state index in [0.717, 1.165) is 38.9 Å². The van der Waals surface area contributed by atoms with Gasteiger partial charge in [-0.1, -0.05) is 19.3 Å². The van der Waals surface area contributed by atoms with E-state index in [9.17, 15) is 4.79 Å². The highest BCUT2D eigenvalue weighted by molar-refractivity contribution is 5.76. The molecule has 0 radical (unpaired) electrons. The van der Waals surface area contributed by atoms with Gasteiger partial charge in [-0.25, -0.2) is 0 Å². The molecule has 0 atom stereocenters. The number of carbonyl (C=O) groups excluding carboxylic acids is 1. The lowest BCUT2D eigenvalue weighted by Crippen LogP contribution is -2.39. The minimum absolute atomic E-state index is 0.272. The average Bonchev–Trinajstić information content (AvgIpc) is 2.62. The van der Waals surface area contributed by atoms with Crippen molar-refractivity contribution in [1.82, 2.24) is 10.3 Å². The zero-order valence-corrected chi connectivity index (χ0v) is 14.0. The molecule has 2 fully saturated rings. The zero-order valence-electron chi connectivity index (χ0n) is 14.0. The van der Waals surface area contributed by atoms with Gasteiger partial charge in [0.1, 0.15) is 0 Å². The second kappa shape index (κ2) is 8.32. The predicted molar refractivity (Wildman–Crippen MR) is 93.4 cm³/mol. The van der Waals surface area contributed by atoms with Crippen molar-refractivity contribution >= 4 is 11.6 Å². The van der Waals surface area contributed by atoms with Crippen LogP contribution in [0.4, 0.5) is 5.69 Å². The molecule has 1 N–H and O–H groups in total. The topological polar surface area (TPSA) is 45.2 Å². The number of nitrogens with one attached hydrogen (secondary N) is 1. The smallest absolute Gasteiger partial charge is 0.220 e. The third-order valence-corrected chi connectivity index (χ3v) is 5.43. The number of carbonyl (C=O) groups is 1. The maximum absolute atomic E-state index is 12.1. The van der Waals surface area contributed by atoms with Crippen LogP contribution in [0.5, 0.6) is 0 Å². The van der Waals surface area contributed by atoms with Gasteiger partial charge in [0.2, 0.25) is 5.91 Å². The molecule has 2 heterocycles. The van der Waals surface area contributed by atoms with E-state index in [1.807, 2.05) is 12.4 Å². The Bertz CT molecular complexity index is 477. The highest BCUT2D eigenvalue weighted by atomic mass is 16.1. The number of pyridine rings is 1. The lowest BCUT2D eigenvalue weighted by molar-refractivity contribution is -0.122. The SMILES string of the molecule is O=C(CC1CCCCC1)NCC1CCN(c2ccncc2)CC1. The minimum atomic E-state index is 0.272. The molecule has 2 aliphatic rings. The van der Waals surface area contributed by atoms with Gasteiger partial charge < -0.3 is 10.2 Å². The Morgan fingerprint density at radius 2 is 1.74 bits per heavy atom. The van der Waals surface area contributed by atoms with Gasteiger partial charge in [0.05, 0.1) is 0 Å². The Kier molecular flexibility index (Phi) is 5.89. The van der Waals surface area contributed by atoms with Crippen LogP contribution >= 0.6 is 0 Å². The quantitative estimate of drug-likeness (QED) is 0.906. The number of hydrogen-bond acceptors (Lipinski definition) is 3. The van der Waals surface area contributed by atoms with Crippen LogP contribution in [0.25, 0.3) is 0 Å². The summed E-state index contributed by atoms with van der Waals surface area (Å²) in [5.74, 6) is 1.54. The molecule has 4 nitrogen and oxygen atoms in total. The summed E-state index contributed by atoms with van der Waals surface area (Å²) in [6.07, 6.45) is 13.2. The molecule has 0 spiro atoms. The van der Waals surface area contributed by atoms with E-state index in [1.165, 1.54) is 37.8 Å². The van der Waals surface area contributed by atoms with Crippen molar-refractivity contribution in [1.29, 1.82) is 0 Å². The fourth-order valence-corrected chi connectivity index (χ4v) is 3.93. The summed E-state index contributed by atoms with van der Waals surface area (Å²) in [5.41, 5.74) is 1.26. The molecule has 0 bridgehead atoms. The largest absolute Gasteiger partial charge is 0.371 e. The summed E-state index contributed by atoms with van der Waals surface area (Å²) in [5, 5.41) is 3.19. The number of aromatic nitrogens is 1. The van der Waals surface area contributed by atoms with Crippen molar-refractivity contribution in [3.05, 3.63) is 24.5 Å². The van der Waals surface area contributed by atoms with Crippen LogP contribution in [-0.2, 0) is 4.79 Å². The van der Waals surface area contributed by atoms with E-state index in [2.05, 4.69) is 27.3 Å². The highest BCUT2D eigenvalue weighted by Crippen LogP contribution is 2.26. The van der Waals surface area contributed by atoms with E-state index in [-0.39, 0.29) is 5.91 Å². The molecule has 3 rings (SSSR count). The van der Waals surface area contributed by atoms with Gasteiger partial charge in [-0.2, -0.15) is 0 Å². The number of rotatable bonds is 5. The summed E-state index contributed by atoms with van der Waals surface area (Å²) in [7, 11) is 0. The first-order valence-electron chi connectivity index (χ1n) is 9.23. The third-order valence-electron chi connectivity index (χ3n) is 5.43. The minimum Gasteiger partial charge on any atom is -0.371 e. The number of hydrogen-bond donors (Lipinski definition) is 1. The molecular weight excluding hydrogens is 286 g/mol. The second-order valence-corrected chi connectivity index (χ2v) is 7.15. The van der Waals surface area contributed by atoms with Crippen LogP contribution in [0, 0.1) is 11.8 Å². The van der Waals surface area contributed by atoms with Crippen LogP contribution < -0.4 is 10.2 Å². The fourth-order valence-electron chi connectivity index (χ4n) is 3.93. The van der Waals surface area contributed by atoms with Crippen molar-refractivity contribution in [3.63, 3.8) is 0 Å². The predicted octanol–water partition coefficient (Wildman–Crippen LogP) is 3.38. The van der Waals surface area contributed by atoms with E-state index < -0.39 is 0 Å². The first kappa shape index (κ1) is 16.3. The van der Waals surface area contributed by atoms with E-state index in [4.69, 9.17) is 0 Å². The molecule has 1 amide bonds. The first-order valence-corrected chi connectivity index (χ1v) is 9.23. The Morgan fingerprint density at radius 3 is 2.43 bits per heavy atom. The molecule has 1 aliphatic carbocycles. The number of piperidine rings is 1. The Labute approximate surface area is 139 Å². The molecule has 0 unspecified atom stereocenters. The van der Waals surface area contributed by atoms with Crippen molar-refractivity contribution in [2.24, 2.45) is 11.8 Å². The average molecular weight is 315 g/mol. The van der Waals surface area contributed by atoms with Gasteiger partial charge in [-0.15, -0.1) is 0 Å². The maximum Gasteiger partial charge on any atom is 0.220 e. The molecular formula is C19H29N3O. The molecule has 1 saturated heterocycles. The maximum atomic E-state index is 12.1. The van der Waals surface area contributed by atoms with Gasteiger partial charge >= 0.3 is 0 Å². The second-order valence-electron chi connectivity index (χ2n) is 7.15. The van der Waals surface area contributed by atoms with Crippen molar-refractivity contribution in [3.8, 4) is 0 Å². The van der Waals surface area contributed by atoms with Gasteiger partial charge in [0.15, 0.2) is 0 Å². The van der Waals surface area contributed by atoms with Crippen LogP contribution in [0.15, 0.2) is 24.5 Å². The summed E-state index contributed by atoms with van der Waals surface area (Å²) in [6.45, 7) is 3.01. The molecule has 1 aromatic heterocycles. The molecule has 126 valence electrons. The van der Waals surface area contributed by atoms with Gasteiger partial charge in [0, 0.05) is 44.1 Å². The molecule has 23 heavy (non-hydrogen) atoms. The summed E-state index contributed by atoms with van der Waals surface area (Å²) < 4.78 is 0. The van der Waals surface area contributed by atoms with Gasteiger partial charge in [-0.3, -0.25) is 9.78 Å². The normalized spacial score (nSPS) is 20.4. The molecule has 4 heteroatoms. The number of anilines is 1. The molecule has 1 aliphatic heterocycles. The van der Waals surface area contributed by atoms with Crippen molar-refractivity contribution in [2.75, 3.05) is 24.5 Å². The Morgan fingerprint density at radius 1 is 1.04 bits per heavy atom. The Balaban J connectivity index is 1.35. The van der Waals surface area contributed by atoms with E-state index in [1.54, 1.807) is 0 Å². The van der Waals surface area contributed by atoms with Crippen LogP contribution in [-0.4, -0.2) is 30.5 Å². The Hall–Kier alpha value is -1.58. The highest BCUT2D eigenvalue weighted by Gasteiger charge is 2.21. The zero-order chi connectivity index (χ0) is 15.9. The lowest BCUT2D eigenvalue weighted by atomic mass is 9.87. The summed E-state index contributed by atoms with van der Waals surface area (Å²) >= 11 is 0. The van der Waals surface area contributed by atoms with Crippen molar-refractivity contribution < 1.29 is 4.79 Å². The van der Waals surface area contributed by atoms with Gasteiger partial charge in [0.25, 0.3) is 0 Å². The summed E-state index contributed by atoms with van der Waals surface area (Å²) in [4.78, 5) is 18.6. The van der Waals surface area contributed by atoms with Gasteiger partial charge in [-0.05, 0) is 49.7 Å². The lowest BCUT2D eigenvalue weighted by Gasteiger charge is -2.33.